The molecule has 1 fully saturated rings. The summed E-state index contributed by atoms with van der Waals surface area (Å²) in [6.07, 6.45) is 0. The molecule has 162 valence electrons. The van der Waals surface area contributed by atoms with Gasteiger partial charge in [0.1, 0.15) is 11.6 Å². The molecule has 3 aromatic carbocycles. The third-order valence-electron chi connectivity index (χ3n) is 5.39. The topological polar surface area (TPSA) is 28.1 Å². The molecule has 0 N–H and O–H groups in total. The van der Waals surface area contributed by atoms with Crippen molar-refractivity contribution in [3.8, 4) is 17.6 Å². The Morgan fingerprint density at radius 1 is 0.906 bits per heavy atom. The maximum Gasteiger partial charge on any atom is 0.182 e. The van der Waals surface area contributed by atoms with E-state index in [0.717, 1.165) is 61.1 Å². The molecule has 0 unspecified atom stereocenters. The fourth-order valence-electron chi connectivity index (χ4n) is 3.57. The first-order valence-corrected chi connectivity index (χ1v) is 10.7. The van der Waals surface area contributed by atoms with Gasteiger partial charge in [0.15, 0.2) is 5.84 Å². The van der Waals surface area contributed by atoms with Crippen molar-refractivity contribution in [2.45, 2.75) is 6.54 Å². The highest BCUT2D eigenvalue weighted by molar-refractivity contribution is 6.00. The summed E-state index contributed by atoms with van der Waals surface area (Å²) >= 11 is 0. The van der Waals surface area contributed by atoms with E-state index < -0.39 is 0 Å². The Morgan fingerprint density at radius 3 is 2.25 bits per heavy atom. The number of aliphatic imine (C=N–C) groups is 1. The van der Waals surface area contributed by atoms with E-state index >= 15 is 0 Å². The molecule has 32 heavy (non-hydrogen) atoms. The molecule has 1 aliphatic rings. The summed E-state index contributed by atoms with van der Waals surface area (Å²) in [6, 6.07) is 24.4. The zero-order valence-electron chi connectivity index (χ0n) is 18.2. The van der Waals surface area contributed by atoms with Crippen LogP contribution >= 0.6 is 0 Å². The van der Waals surface area contributed by atoms with Crippen LogP contribution in [-0.4, -0.2) is 48.9 Å². The summed E-state index contributed by atoms with van der Waals surface area (Å²) in [4.78, 5) is 9.46. The minimum absolute atomic E-state index is 0.199. The quantitative estimate of drug-likeness (QED) is 0.342. The number of halogens is 1. The molecule has 0 saturated carbocycles. The number of ether oxygens (including phenoxy) is 1. The molecule has 4 nitrogen and oxygen atoms in total. The van der Waals surface area contributed by atoms with E-state index in [4.69, 9.17) is 9.73 Å². The Morgan fingerprint density at radius 2 is 1.59 bits per heavy atom. The lowest BCUT2D eigenvalue weighted by Crippen LogP contribution is -2.48. The van der Waals surface area contributed by atoms with Gasteiger partial charge in [-0.05, 0) is 60.0 Å². The Bertz CT molecular complexity index is 1090. The molecule has 0 aliphatic carbocycles. The Hall–Kier alpha value is -3.62. The number of hydrogen-bond acceptors (Lipinski definition) is 3. The molecular formula is C27H26FN3O. The average Bonchev–Trinajstić information content (AvgIpc) is 2.85. The van der Waals surface area contributed by atoms with Gasteiger partial charge in [-0.3, -0.25) is 4.90 Å². The molecule has 0 spiro atoms. The number of nitrogens with zero attached hydrogens (tertiary/aromatic N) is 3. The van der Waals surface area contributed by atoms with Crippen molar-refractivity contribution in [3.05, 3.63) is 95.8 Å². The van der Waals surface area contributed by atoms with Crippen molar-refractivity contribution in [3.63, 3.8) is 0 Å². The van der Waals surface area contributed by atoms with Gasteiger partial charge < -0.3 is 9.64 Å². The lowest BCUT2D eigenvalue weighted by Gasteiger charge is -2.35. The Kier molecular flexibility index (Phi) is 7.16. The second-order valence-corrected chi connectivity index (χ2v) is 7.64. The van der Waals surface area contributed by atoms with Gasteiger partial charge in [0, 0.05) is 38.3 Å². The zero-order valence-corrected chi connectivity index (χ0v) is 18.2. The van der Waals surface area contributed by atoms with E-state index in [1.54, 1.807) is 7.11 Å². The molecule has 3 aromatic rings. The lowest BCUT2D eigenvalue weighted by atomic mass is 10.2. The van der Waals surface area contributed by atoms with E-state index in [1.165, 1.54) is 12.1 Å². The maximum atomic E-state index is 13.2. The summed E-state index contributed by atoms with van der Waals surface area (Å²) in [5.41, 5.74) is 2.93. The van der Waals surface area contributed by atoms with Gasteiger partial charge in [0.25, 0.3) is 0 Å². The highest BCUT2D eigenvalue weighted by atomic mass is 19.1. The van der Waals surface area contributed by atoms with E-state index in [1.807, 2.05) is 66.7 Å². The normalized spacial score (nSPS) is 14.6. The highest BCUT2D eigenvalue weighted by Crippen LogP contribution is 2.19. The monoisotopic (exact) mass is 427 g/mol. The number of rotatable bonds is 4. The van der Waals surface area contributed by atoms with Gasteiger partial charge in [0.2, 0.25) is 0 Å². The second kappa shape index (κ2) is 10.6. The van der Waals surface area contributed by atoms with Crippen LogP contribution in [0, 0.1) is 17.7 Å². The molecule has 0 atom stereocenters. The van der Waals surface area contributed by atoms with E-state index in [0.29, 0.717) is 0 Å². The van der Waals surface area contributed by atoms with Gasteiger partial charge in [-0.1, -0.05) is 36.3 Å². The number of amidine groups is 1. The van der Waals surface area contributed by atoms with Gasteiger partial charge in [-0.2, -0.15) is 0 Å². The van der Waals surface area contributed by atoms with Crippen LogP contribution in [0.1, 0.15) is 11.1 Å². The minimum Gasteiger partial charge on any atom is -0.497 e. The summed E-state index contributed by atoms with van der Waals surface area (Å²) in [6.45, 7) is 4.27. The molecule has 5 heteroatoms. The number of hydrogen-bond donors (Lipinski definition) is 0. The molecule has 0 radical (unpaired) electrons. The molecule has 1 aliphatic heterocycles. The molecule has 1 heterocycles. The summed E-state index contributed by atoms with van der Waals surface area (Å²) < 4.78 is 18.4. The van der Waals surface area contributed by atoms with Crippen molar-refractivity contribution in [1.29, 1.82) is 0 Å². The van der Waals surface area contributed by atoms with Crippen LogP contribution in [0.3, 0.4) is 0 Å². The van der Waals surface area contributed by atoms with Crippen molar-refractivity contribution in [2.24, 2.45) is 4.99 Å². The fourth-order valence-corrected chi connectivity index (χ4v) is 3.57. The smallest absolute Gasteiger partial charge is 0.182 e. The van der Waals surface area contributed by atoms with Crippen molar-refractivity contribution in [2.75, 3.05) is 33.3 Å². The summed E-state index contributed by atoms with van der Waals surface area (Å²) in [5.74, 6) is 7.90. The van der Waals surface area contributed by atoms with Gasteiger partial charge in [-0.25, -0.2) is 9.38 Å². The third-order valence-corrected chi connectivity index (χ3v) is 5.39. The predicted octanol–water partition coefficient (Wildman–Crippen LogP) is 4.73. The Balaban J connectivity index is 1.49. The van der Waals surface area contributed by atoms with E-state index in [9.17, 15) is 4.39 Å². The van der Waals surface area contributed by atoms with Crippen LogP contribution in [0.2, 0.25) is 0 Å². The van der Waals surface area contributed by atoms with Crippen LogP contribution in [0.5, 0.6) is 5.75 Å². The molecule has 0 amide bonds. The molecule has 0 aromatic heterocycles. The van der Waals surface area contributed by atoms with Crippen LogP contribution in [-0.2, 0) is 6.54 Å². The van der Waals surface area contributed by atoms with Gasteiger partial charge in [-0.15, -0.1) is 0 Å². The minimum atomic E-state index is -0.199. The molecule has 1 saturated heterocycles. The predicted molar refractivity (Wildman–Crippen MR) is 127 cm³/mol. The number of benzene rings is 3. The molecule has 4 rings (SSSR count). The second-order valence-electron chi connectivity index (χ2n) is 7.64. The Labute approximate surface area is 189 Å². The standard InChI is InChI=1S/C27H26FN3O/c1-32-26-14-12-25(13-15-26)29-27(16-9-22-5-3-2-4-6-22)31-19-17-30(18-20-31)21-23-7-10-24(28)11-8-23/h2-8,10-15H,17-21H2,1H3/b29-27+. The largest absolute Gasteiger partial charge is 0.497 e. The van der Waals surface area contributed by atoms with Crippen molar-refractivity contribution >= 4 is 11.5 Å². The zero-order chi connectivity index (χ0) is 22.2. The van der Waals surface area contributed by atoms with Crippen molar-refractivity contribution in [1.82, 2.24) is 9.80 Å². The SMILES string of the molecule is COc1ccc(/N=C(\C#Cc2ccccc2)N2CCN(Cc3ccc(F)cc3)CC2)cc1. The van der Waals surface area contributed by atoms with Crippen LogP contribution in [0.15, 0.2) is 83.9 Å². The maximum absolute atomic E-state index is 13.2. The van der Waals surface area contributed by atoms with Crippen LogP contribution in [0.4, 0.5) is 10.1 Å². The first kappa shape index (κ1) is 21.6. The first-order valence-electron chi connectivity index (χ1n) is 10.7. The average molecular weight is 428 g/mol. The van der Waals surface area contributed by atoms with Gasteiger partial charge in [0.05, 0.1) is 12.8 Å². The molecular weight excluding hydrogens is 401 g/mol. The third kappa shape index (κ3) is 5.96. The fraction of sp³-hybridized carbons (Fsp3) is 0.222. The highest BCUT2D eigenvalue weighted by Gasteiger charge is 2.19. The summed E-state index contributed by atoms with van der Waals surface area (Å²) in [5, 5.41) is 0. The van der Waals surface area contributed by atoms with Crippen LogP contribution in [0.25, 0.3) is 0 Å². The van der Waals surface area contributed by atoms with E-state index in [-0.39, 0.29) is 5.82 Å². The van der Waals surface area contributed by atoms with Crippen LogP contribution < -0.4 is 4.74 Å². The first-order chi connectivity index (χ1) is 15.7. The van der Waals surface area contributed by atoms with Gasteiger partial charge >= 0.3 is 0 Å². The lowest BCUT2D eigenvalue weighted by molar-refractivity contribution is 0.176. The van der Waals surface area contributed by atoms with Crippen molar-refractivity contribution < 1.29 is 9.13 Å². The summed E-state index contributed by atoms with van der Waals surface area (Å²) in [7, 11) is 1.65. The van der Waals surface area contributed by atoms with E-state index in [2.05, 4.69) is 21.6 Å². The number of methoxy groups -OCH3 is 1. The number of piperazine rings is 1. The molecule has 0 bridgehead atoms.